The van der Waals surface area contributed by atoms with E-state index in [1.807, 2.05) is 18.3 Å². The molecule has 1 aromatic heterocycles. The summed E-state index contributed by atoms with van der Waals surface area (Å²) in [5, 5.41) is 3.43. The fourth-order valence-electron chi connectivity index (χ4n) is 2.13. The Morgan fingerprint density at radius 1 is 1.21 bits per heavy atom. The van der Waals surface area contributed by atoms with Crippen LogP contribution in [0.3, 0.4) is 0 Å². The second kappa shape index (κ2) is 8.16. The van der Waals surface area contributed by atoms with Crippen molar-refractivity contribution in [2.45, 2.75) is 59.6 Å². The van der Waals surface area contributed by atoms with E-state index in [0.29, 0.717) is 12.0 Å². The van der Waals surface area contributed by atoms with Crippen molar-refractivity contribution >= 4 is 0 Å². The van der Waals surface area contributed by atoms with Crippen LogP contribution in [-0.2, 0) is 0 Å². The summed E-state index contributed by atoms with van der Waals surface area (Å²) >= 11 is 0. The lowest BCUT2D eigenvalue weighted by Gasteiger charge is -2.17. The van der Waals surface area contributed by atoms with Crippen LogP contribution >= 0.6 is 0 Å². The maximum absolute atomic E-state index is 5.86. The number of rotatable bonds is 8. The molecule has 0 amide bonds. The molecule has 0 saturated carbocycles. The Labute approximate surface area is 117 Å². The molecular weight excluding hydrogens is 236 g/mol. The molecule has 2 unspecified atom stereocenters. The highest BCUT2D eigenvalue weighted by molar-refractivity contribution is 5.21. The predicted molar refractivity (Wildman–Crippen MR) is 80.5 cm³/mol. The largest absolute Gasteiger partial charge is 0.489 e. The van der Waals surface area contributed by atoms with Gasteiger partial charge in [0.2, 0.25) is 0 Å². The molecule has 0 spiro atoms. The van der Waals surface area contributed by atoms with E-state index < -0.39 is 0 Å². The Bertz CT molecular complexity index is 348. The minimum atomic E-state index is 0.239. The van der Waals surface area contributed by atoms with Crippen molar-refractivity contribution in [1.82, 2.24) is 10.3 Å². The van der Waals surface area contributed by atoms with Crippen molar-refractivity contribution in [3.63, 3.8) is 0 Å². The van der Waals surface area contributed by atoms with Gasteiger partial charge in [-0.05, 0) is 51.3 Å². The van der Waals surface area contributed by atoms with Gasteiger partial charge in [0.25, 0.3) is 0 Å². The molecule has 0 saturated heterocycles. The standard InChI is InChI=1S/C16H28N2O/c1-6-9-17-14(5)16-8-7-15(11-18-16)19-13(4)10-12(2)3/h7-8,11-14,17H,6,9-10H2,1-5H3. The van der Waals surface area contributed by atoms with Crippen LogP contribution in [0, 0.1) is 5.92 Å². The van der Waals surface area contributed by atoms with Gasteiger partial charge in [0.05, 0.1) is 18.0 Å². The van der Waals surface area contributed by atoms with Gasteiger partial charge in [-0.15, -0.1) is 0 Å². The molecule has 0 bridgehead atoms. The summed E-state index contributed by atoms with van der Waals surface area (Å²) in [4.78, 5) is 4.48. The molecule has 3 nitrogen and oxygen atoms in total. The van der Waals surface area contributed by atoms with Crippen molar-refractivity contribution < 1.29 is 4.74 Å². The maximum atomic E-state index is 5.86. The van der Waals surface area contributed by atoms with E-state index in [0.717, 1.165) is 30.8 Å². The number of nitrogens with one attached hydrogen (secondary N) is 1. The third-order valence-corrected chi connectivity index (χ3v) is 3.04. The van der Waals surface area contributed by atoms with Crippen molar-refractivity contribution in [2.24, 2.45) is 5.92 Å². The maximum Gasteiger partial charge on any atom is 0.138 e. The van der Waals surface area contributed by atoms with Crippen LogP contribution in [0.5, 0.6) is 5.75 Å². The van der Waals surface area contributed by atoms with Gasteiger partial charge in [0, 0.05) is 6.04 Å². The normalized spacial score (nSPS) is 14.4. The second-order valence-electron chi connectivity index (χ2n) is 5.65. The second-order valence-corrected chi connectivity index (χ2v) is 5.65. The van der Waals surface area contributed by atoms with Gasteiger partial charge in [0.15, 0.2) is 0 Å². The van der Waals surface area contributed by atoms with E-state index in [1.165, 1.54) is 0 Å². The molecule has 0 aliphatic heterocycles. The van der Waals surface area contributed by atoms with Crippen molar-refractivity contribution in [1.29, 1.82) is 0 Å². The first-order chi connectivity index (χ1) is 9.02. The molecule has 19 heavy (non-hydrogen) atoms. The van der Waals surface area contributed by atoms with E-state index >= 15 is 0 Å². The van der Waals surface area contributed by atoms with Crippen LogP contribution in [0.2, 0.25) is 0 Å². The fraction of sp³-hybridized carbons (Fsp3) is 0.688. The number of hydrogen-bond acceptors (Lipinski definition) is 3. The summed E-state index contributed by atoms with van der Waals surface area (Å²) in [5.41, 5.74) is 1.07. The van der Waals surface area contributed by atoms with Crippen molar-refractivity contribution in [3.8, 4) is 5.75 Å². The third-order valence-electron chi connectivity index (χ3n) is 3.04. The number of ether oxygens (including phenoxy) is 1. The first-order valence-electron chi connectivity index (χ1n) is 7.38. The Morgan fingerprint density at radius 3 is 2.47 bits per heavy atom. The lowest BCUT2D eigenvalue weighted by atomic mass is 10.1. The first-order valence-corrected chi connectivity index (χ1v) is 7.38. The summed E-state index contributed by atoms with van der Waals surface area (Å²) in [7, 11) is 0. The molecule has 0 aliphatic rings. The monoisotopic (exact) mass is 264 g/mol. The highest BCUT2D eigenvalue weighted by Gasteiger charge is 2.09. The Morgan fingerprint density at radius 2 is 1.95 bits per heavy atom. The molecule has 0 aliphatic carbocycles. The third kappa shape index (κ3) is 6.06. The smallest absolute Gasteiger partial charge is 0.138 e. The lowest BCUT2D eigenvalue weighted by Crippen LogP contribution is -2.20. The van der Waals surface area contributed by atoms with E-state index in [-0.39, 0.29) is 6.10 Å². The number of pyridine rings is 1. The topological polar surface area (TPSA) is 34.1 Å². The van der Waals surface area contributed by atoms with Crippen LogP contribution in [0.4, 0.5) is 0 Å². The van der Waals surface area contributed by atoms with Gasteiger partial charge in [-0.25, -0.2) is 0 Å². The van der Waals surface area contributed by atoms with Gasteiger partial charge >= 0.3 is 0 Å². The molecule has 108 valence electrons. The molecular formula is C16H28N2O. The molecule has 2 atom stereocenters. The highest BCUT2D eigenvalue weighted by atomic mass is 16.5. The fourth-order valence-corrected chi connectivity index (χ4v) is 2.13. The summed E-state index contributed by atoms with van der Waals surface area (Å²) in [6, 6.07) is 4.36. The summed E-state index contributed by atoms with van der Waals surface area (Å²) < 4.78 is 5.86. The van der Waals surface area contributed by atoms with Gasteiger partial charge < -0.3 is 10.1 Å². The molecule has 0 aromatic carbocycles. The Balaban J connectivity index is 2.51. The molecule has 1 heterocycles. The Kier molecular flexibility index (Phi) is 6.85. The molecule has 1 rings (SSSR count). The van der Waals surface area contributed by atoms with E-state index in [9.17, 15) is 0 Å². The quantitative estimate of drug-likeness (QED) is 0.772. The van der Waals surface area contributed by atoms with E-state index in [4.69, 9.17) is 4.74 Å². The van der Waals surface area contributed by atoms with E-state index in [2.05, 4.69) is 44.9 Å². The van der Waals surface area contributed by atoms with Crippen LogP contribution in [0.1, 0.15) is 59.2 Å². The minimum Gasteiger partial charge on any atom is -0.489 e. The zero-order valence-corrected chi connectivity index (χ0v) is 12.9. The van der Waals surface area contributed by atoms with Crippen LogP contribution < -0.4 is 10.1 Å². The van der Waals surface area contributed by atoms with Gasteiger partial charge in [-0.3, -0.25) is 4.98 Å². The van der Waals surface area contributed by atoms with E-state index in [1.54, 1.807) is 0 Å². The Hall–Kier alpha value is -1.09. The van der Waals surface area contributed by atoms with Crippen LogP contribution in [-0.4, -0.2) is 17.6 Å². The zero-order chi connectivity index (χ0) is 14.3. The summed E-state index contributed by atoms with van der Waals surface area (Å²) in [6.07, 6.45) is 4.27. The zero-order valence-electron chi connectivity index (χ0n) is 12.9. The molecule has 1 aromatic rings. The first kappa shape index (κ1) is 16.0. The van der Waals surface area contributed by atoms with Gasteiger partial charge in [0.1, 0.15) is 5.75 Å². The van der Waals surface area contributed by atoms with Crippen LogP contribution in [0.25, 0.3) is 0 Å². The van der Waals surface area contributed by atoms with Crippen LogP contribution in [0.15, 0.2) is 18.3 Å². The number of hydrogen-bond donors (Lipinski definition) is 1. The highest BCUT2D eigenvalue weighted by Crippen LogP contribution is 2.17. The molecule has 3 heteroatoms. The predicted octanol–water partition coefficient (Wildman–Crippen LogP) is 3.96. The summed E-state index contributed by atoms with van der Waals surface area (Å²) in [6.45, 7) is 11.9. The van der Waals surface area contributed by atoms with Gasteiger partial charge in [-0.2, -0.15) is 0 Å². The van der Waals surface area contributed by atoms with Crippen molar-refractivity contribution in [3.05, 3.63) is 24.0 Å². The minimum absolute atomic E-state index is 0.239. The summed E-state index contributed by atoms with van der Waals surface area (Å²) in [5.74, 6) is 1.51. The average Bonchev–Trinajstić information content (AvgIpc) is 2.35. The average molecular weight is 264 g/mol. The molecule has 1 N–H and O–H groups in total. The lowest BCUT2D eigenvalue weighted by molar-refractivity contribution is 0.192. The number of aromatic nitrogens is 1. The van der Waals surface area contributed by atoms with Gasteiger partial charge in [-0.1, -0.05) is 20.8 Å². The molecule has 0 fully saturated rings. The SMILES string of the molecule is CCCNC(C)c1ccc(OC(C)CC(C)C)cn1. The van der Waals surface area contributed by atoms with Crippen molar-refractivity contribution in [2.75, 3.05) is 6.54 Å². The molecule has 0 radical (unpaired) electrons. The number of nitrogens with zero attached hydrogens (tertiary/aromatic N) is 1.